The molecule has 0 aliphatic rings. The molecule has 0 unspecified atom stereocenters. The summed E-state index contributed by atoms with van der Waals surface area (Å²) in [5.74, 6) is 5.93. The number of nitrogens with two attached hydrogens (primary N) is 1. The van der Waals surface area contributed by atoms with Crippen molar-refractivity contribution in [3.05, 3.63) is 58.2 Å². The van der Waals surface area contributed by atoms with Crippen molar-refractivity contribution in [2.45, 2.75) is 13.2 Å². The van der Waals surface area contributed by atoms with Crippen molar-refractivity contribution in [1.29, 1.82) is 0 Å². The van der Waals surface area contributed by atoms with E-state index < -0.39 is 0 Å². The highest BCUT2D eigenvalue weighted by Gasteiger charge is 1.98. The molecule has 0 saturated heterocycles. The van der Waals surface area contributed by atoms with Gasteiger partial charge in [-0.15, -0.1) is 0 Å². The van der Waals surface area contributed by atoms with E-state index >= 15 is 0 Å². The molecule has 18 heavy (non-hydrogen) atoms. The zero-order valence-corrected chi connectivity index (χ0v) is 11.4. The maximum absolute atomic E-state index is 5.60. The lowest BCUT2D eigenvalue weighted by Crippen LogP contribution is -2.09. The second-order valence-corrected chi connectivity index (χ2v) is 4.69. The van der Waals surface area contributed by atoms with Gasteiger partial charge in [-0.1, -0.05) is 34.1 Å². The van der Waals surface area contributed by atoms with Gasteiger partial charge in [-0.3, -0.25) is 0 Å². The van der Waals surface area contributed by atoms with E-state index in [1.54, 1.807) is 6.07 Å². The van der Waals surface area contributed by atoms with Crippen LogP contribution in [0.3, 0.4) is 0 Å². The molecule has 5 heteroatoms. The number of benzene rings is 1. The van der Waals surface area contributed by atoms with Crippen LogP contribution in [0.15, 0.2) is 46.9 Å². The summed E-state index contributed by atoms with van der Waals surface area (Å²) in [7, 11) is 0. The number of nitrogens with zero attached hydrogens (tertiary/aromatic N) is 1. The van der Waals surface area contributed by atoms with Gasteiger partial charge in [0.05, 0.1) is 18.9 Å². The standard InChI is InChI=1S/C13H14BrN3O/c14-11-6-4-10(5-7-11)8-18-9-12-2-1-3-13(16-12)17-15/h1-7H,8-9,15H2,(H,16,17). The fraction of sp³-hybridized carbons (Fsp3) is 0.154. The number of hydrazine groups is 1. The Hall–Kier alpha value is -1.43. The predicted octanol–water partition coefficient (Wildman–Crippen LogP) is 2.85. The van der Waals surface area contributed by atoms with Gasteiger partial charge in [-0.05, 0) is 29.8 Å². The fourth-order valence-corrected chi connectivity index (χ4v) is 1.76. The molecule has 2 aromatic rings. The third-order valence-electron chi connectivity index (χ3n) is 2.39. The van der Waals surface area contributed by atoms with Crippen molar-refractivity contribution < 1.29 is 4.74 Å². The molecule has 0 amide bonds. The number of aromatic nitrogens is 1. The highest BCUT2D eigenvalue weighted by Crippen LogP contribution is 2.12. The molecule has 0 spiro atoms. The van der Waals surface area contributed by atoms with Gasteiger partial charge in [0.25, 0.3) is 0 Å². The van der Waals surface area contributed by atoms with E-state index in [1.165, 1.54) is 0 Å². The summed E-state index contributed by atoms with van der Waals surface area (Å²) in [5.41, 5.74) is 4.49. The molecule has 0 aliphatic carbocycles. The van der Waals surface area contributed by atoms with Gasteiger partial charge in [0.1, 0.15) is 5.82 Å². The number of pyridine rings is 1. The van der Waals surface area contributed by atoms with Gasteiger partial charge in [0.15, 0.2) is 0 Å². The molecule has 4 nitrogen and oxygen atoms in total. The second-order valence-electron chi connectivity index (χ2n) is 3.78. The normalized spacial score (nSPS) is 10.3. The van der Waals surface area contributed by atoms with Crippen LogP contribution < -0.4 is 11.3 Å². The number of nitrogen functional groups attached to an aromatic ring is 1. The molecule has 2 rings (SSSR count). The summed E-state index contributed by atoms with van der Waals surface area (Å²) in [5, 5.41) is 0. The molecule has 0 atom stereocenters. The molecule has 1 aromatic carbocycles. The molecule has 1 aromatic heterocycles. The topological polar surface area (TPSA) is 60.2 Å². The summed E-state index contributed by atoms with van der Waals surface area (Å²) >= 11 is 3.40. The molecule has 3 N–H and O–H groups in total. The average Bonchev–Trinajstić information content (AvgIpc) is 2.41. The number of ether oxygens (including phenoxy) is 1. The predicted molar refractivity (Wildman–Crippen MR) is 74.7 cm³/mol. The van der Waals surface area contributed by atoms with Gasteiger partial charge in [-0.2, -0.15) is 0 Å². The first kappa shape index (κ1) is 13.0. The summed E-state index contributed by atoms with van der Waals surface area (Å²) in [6, 6.07) is 13.6. The third kappa shape index (κ3) is 3.80. The first-order valence-corrected chi connectivity index (χ1v) is 6.32. The van der Waals surface area contributed by atoms with E-state index in [0.717, 1.165) is 15.7 Å². The fourth-order valence-electron chi connectivity index (χ4n) is 1.49. The summed E-state index contributed by atoms with van der Waals surface area (Å²) in [6.07, 6.45) is 0. The molecular weight excluding hydrogens is 294 g/mol. The molecule has 0 bridgehead atoms. The number of halogens is 1. The minimum absolute atomic E-state index is 0.464. The largest absolute Gasteiger partial charge is 0.370 e. The average molecular weight is 308 g/mol. The van der Waals surface area contributed by atoms with E-state index in [1.807, 2.05) is 36.4 Å². The van der Waals surface area contributed by atoms with E-state index in [9.17, 15) is 0 Å². The molecule has 1 heterocycles. The van der Waals surface area contributed by atoms with Crippen LogP contribution in [0, 0.1) is 0 Å². The van der Waals surface area contributed by atoms with E-state index in [0.29, 0.717) is 19.0 Å². The smallest absolute Gasteiger partial charge is 0.140 e. The molecule has 0 fully saturated rings. The van der Waals surface area contributed by atoms with Crippen molar-refractivity contribution in [3.63, 3.8) is 0 Å². The van der Waals surface area contributed by atoms with Crippen LogP contribution in [-0.4, -0.2) is 4.98 Å². The molecule has 0 aliphatic heterocycles. The summed E-state index contributed by atoms with van der Waals surface area (Å²) < 4.78 is 6.66. The van der Waals surface area contributed by atoms with Crippen LogP contribution in [0.2, 0.25) is 0 Å². The summed E-state index contributed by atoms with van der Waals surface area (Å²) in [6.45, 7) is 1.03. The van der Waals surface area contributed by atoms with Crippen molar-refractivity contribution in [2.75, 3.05) is 5.43 Å². The van der Waals surface area contributed by atoms with Crippen LogP contribution in [0.5, 0.6) is 0 Å². The van der Waals surface area contributed by atoms with Crippen LogP contribution in [0.25, 0.3) is 0 Å². The van der Waals surface area contributed by atoms with Crippen LogP contribution >= 0.6 is 15.9 Å². The number of hydrogen-bond acceptors (Lipinski definition) is 4. The minimum Gasteiger partial charge on any atom is -0.370 e. The molecule has 94 valence electrons. The maximum atomic E-state index is 5.60. The minimum atomic E-state index is 0.464. The van der Waals surface area contributed by atoms with E-state index in [2.05, 4.69) is 26.3 Å². The third-order valence-corrected chi connectivity index (χ3v) is 2.92. The van der Waals surface area contributed by atoms with Gasteiger partial charge >= 0.3 is 0 Å². The van der Waals surface area contributed by atoms with Crippen molar-refractivity contribution in [1.82, 2.24) is 4.98 Å². The Morgan fingerprint density at radius 3 is 2.61 bits per heavy atom. The quantitative estimate of drug-likeness (QED) is 0.659. The van der Waals surface area contributed by atoms with E-state index in [-0.39, 0.29) is 0 Å². The van der Waals surface area contributed by atoms with Crippen molar-refractivity contribution >= 4 is 21.7 Å². The first-order chi connectivity index (χ1) is 8.78. The lowest BCUT2D eigenvalue weighted by molar-refractivity contribution is 0.104. The van der Waals surface area contributed by atoms with Gasteiger partial charge in [0.2, 0.25) is 0 Å². The Morgan fingerprint density at radius 1 is 1.11 bits per heavy atom. The monoisotopic (exact) mass is 307 g/mol. The van der Waals surface area contributed by atoms with Gasteiger partial charge < -0.3 is 10.2 Å². The Balaban J connectivity index is 1.86. The Labute approximate surface area is 114 Å². The Bertz CT molecular complexity index is 502. The molecule has 0 saturated carbocycles. The highest BCUT2D eigenvalue weighted by molar-refractivity contribution is 9.10. The molecule has 0 radical (unpaired) electrons. The van der Waals surface area contributed by atoms with Crippen LogP contribution in [0.1, 0.15) is 11.3 Å². The van der Waals surface area contributed by atoms with Crippen LogP contribution in [0.4, 0.5) is 5.82 Å². The van der Waals surface area contributed by atoms with Crippen molar-refractivity contribution in [2.24, 2.45) is 5.84 Å². The lowest BCUT2D eigenvalue weighted by atomic mass is 10.2. The number of hydrogen-bond donors (Lipinski definition) is 2. The zero-order chi connectivity index (χ0) is 12.8. The first-order valence-electron chi connectivity index (χ1n) is 5.52. The second kappa shape index (κ2) is 6.49. The SMILES string of the molecule is NNc1cccc(COCc2ccc(Br)cc2)n1. The van der Waals surface area contributed by atoms with E-state index in [4.69, 9.17) is 10.6 Å². The summed E-state index contributed by atoms with van der Waals surface area (Å²) in [4.78, 5) is 4.27. The lowest BCUT2D eigenvalue weighted by Gasteiger charge is -2.06. The molecular formula is C13H14BrN3O. The van der Waals surface area contributed by atoms with Crippen molar-refractivity contribution in [3.8, 4) is 0 Å². The van der Waals surface area contributed by atoms with Gasteiger partial charge in [0, 0.05) is 4.47 Å². The maximum Gasteiger partial charge on any atom is 0.140 e. The zero-order valence-electron chi connectivity index (χ0n) is 9.77. The Kier molecular flexibility index (Phi) is 4.69. The number of nitrogens with one attached hydrogen (secondary N) is 1. The Morgan fingerprint density at radius 2 is 1.89 bits per heavy atom. The van der Waals surface area contributed by atoms with Crippen LogP contribution in [-0.2, 0) is 18.0 Å². The highest BCUT2D eigenvalue weighted by atomic mass is 79.9. The number of rotatable bonds is 5. The number of anilines is 1. The van der Waals surface area contributed by atoms with Gasteiger partial charge in [-0.25, -0.2) is 10.8 Å².